The molecular formula is C22H29N5O. The van der Waals surface area contributed by atoms with Crippen LogP contribution in [0.15, 0.2) is 23.1 Å². The first-order chi connectivity index (χ1) is 13.8. The zero-order chi connectivity index (χ0) is 18.9. The van der Waals surface area contributed by atoms with Crippen LogP contribution in [0.1, 0.15) is 67.9 Å². The Bertz CT molecular complexity index is 896. The molecule has 3 heterocycles. The maximum absolute atomic E-state index is 12.5. The van der Waals surface area contributed by atoms with Gasteiger partial charge in [-0.05, 0) is 68.9 Å². The Morgan fingerprint density at radius 2 is 1.86 bits per heavy atom. The second-order valence-corrected chi connectivity index (χ2v) is 8.68. The highest BCUT2D eigenvalue weighted by Crippen LogP contribution is 2.35. The van der Waals surface area contributed by atoms with Gasteiger partial charge in [-0.1, -0.05) is 6.42 Å². The molecule has 0 radical (unpaired) electrons. The Kier molecular flexibility index (Phi) is 4.87. The number of aromatic nitrogens is 4. The molecular weight excluding hydrogens is 350 g/mol. The summed E-state index contributed by atoms with van der Waals surface area (Å²) in [5, 5.41) is 4.70. The van der Waals surface area contributed by atoms with Crippen LogP contribution in [0.25, 0.3) is 0 Å². The maximum atomic E-state index is 12.5. The van der Waals surface area contributed by atoms with Crippen LogP contribution in [0.5, 0.6) is 0 Å². The van der Waals surface area contributed by atoms with E-state index in [0.717, 1.165) is 62.7 Å². The molecule has 28 heavy (non-hydrogen) atoms. The van der Waals surface area contributed by atoms with Crippen molar-refractivity contribution in [2.24, 2.45) is 5.92 Å². The van der Waals surface area contributed by atoms with Crippen LogP contribution in [0.4, 0.5) is 5.82 Å². The van der Waals surface area contributed by atoms with E-state index in [1.165, 1.54) is 37.7 Å². The summed E-state index contributed by atoms with van der Waals surface area (Å²) in [6.45, 7) is 2.73. The highest BCUT2D eigenvalue weighted by Gasteiger charge is 2.25. The van der Waals surface area contributed by atoms with E-state index in [1.807, 2.05) is 18.3 Å². The van der Waals surface area contributed by atoms with Crippen LogP contribution < -0.4 is 10.5 Å². The first kappa shape index (κ1) is 17.8. The Morgan fingerprint density at radius 3 is 2.64 bits per heavy atom. The smallest absolute Gasteiger partial charge is 0.267 e. The minimum absolute atomic E-state index is 0.0732. The lowest BCUT2D eigenvalue weighted by Gasteiger charge is -2.33. The molecule has 6 heteroatoms. The van der Waals surface area contributed by atoms with Crippen LogP contribution in [0, 0.1) is 5.92 Å². The van der Waals surface area contributed by atoms with Crippen LogP contribution in [0.3, 0.4) is 0 Å². The molecule has 1 saturated carbocycles. The molecule has 2 aliphatic carbocycles. The third kappa shape index (κ3) is 3.56. The van der Waals surface area contributed by atoms with Gasteiger partial charge in [0.05, 0.1) is 5.69 Å². The predicted octanol–water partition coefficient (Wildman–Crippen LogP) is 3.10. The summed E-state index contributed by atoms with van der Waals surface area (Å²) in [6.07, 6.45) is 12.2. The SMILES string of the molecule is O=c1cc2c(nn1CC1CCN(c3ccnc(C4CCC4)n3)CC1)CCCC2. The van der Waals surface area contributed by atoms with E-state index in [9.17, 15) is 4.79 Å². The number of piperidine rings is 1. The molecule has 0 aromatic carbocycles. The fourth-order valence-electron chi connectivity index (χ4n) is 4.72. The van der Waals surface area contributed by atoms with Crippen molar-refractivity contribution >= 4 is 5.82 Å². The number of fused-ring (bicyclic) bond motifs is 1. The van der Waals surface area contributed by atoms with Crippen molar-refractivity contribution in [1.82, 2.24) is 19.7 Å². The molecule has 0 amide bonds. The van der Waals surface area contributed by atoms with Gasteiger partial charge in [0.15, 0.2) is 0 Å². The quantitative estimate of drug-likeness (QED) is 0.817. The lowest BCUT2D eigenvalue weighted by molar-refractivity contribution is 0.331. The molecule has 5 rings (SSSR count). The van der Waals surface area contributed by atoms with Crippen LogP contribution >= 0.6 is 0 Å². The van der Waals surface area contributed by atoms with Gasteiger partial charge in [-0.25, -0.2) is 14.6 Å². The Morgan fingerprint density at radius 1 is 1.04 bits per heavy atom. The monoisotopic (exact) mass is 379 g/mol. The average molecular weight is 380 g/mol. The fraction of sp³-hybridized carbons (Fsp3) is 0.636. The first-order valence-corrected chi connectivity index (χ1v) is 10.9. The fourth-order valence-corrected chi connectivity index (χ4v) is 4.72. The normalized spacial score (nSPS) is 20.6. The molecule has 0 unspecified atom stereocenters. The third-order valence-electron chi connectivity index (χ3n) is 6.77. The Balaban J connectivity index is 1.22. The number of hydrogen-bond acceptors (Lipinski definition) is 5. The van der Waals surface area contributed by atoms with Gasteiger partial charge in [-0.15, -0.1) is 0 Å². The first-order valence-electron chi connectivity index (χ1n) is 10.9. The van der Waals surface area contributed by atoms with Crippen LogP contribution in [-0.4, -0.2) is 32.8 Å². The zero-order valence-electron chi connectivity index (χ0n) is 16.5. The molecule has 2 aromatic rings. The van der Waals surface area contributed by atoms with Crippen molar-refractivity contribution in [2.75, 3.05) is 18.0 Å². The zero-order valence-corrected chi connectivity index (χ0v) is 16.5. The molecule has 2 fully saturated rings. The van der Waals surface area contributed by atoms with Gasteiger partial charge in [-0.2, -0.15) is 5.10 Å². The summed E-state index contributed by atoms with van der Waals surface area (Å²) < 4.78 is 1.73. The summed E-state index contributed by atoms with van der Waals surface area (Å²) in [6, 6.07) is 3.87. The van der Waals surface area contributed by atoms with Crippen LogP contribution in [0.2, 0.25) is 0 Å². The van der Waals surface area contributed by atoms with Gasteiger partial charge < -0.3 is 4.90 Å². The molecule has 6 nitrogen and oxygen atoms in total. The van der Waals surface area contributed by atoms with Crippen molar-refractivity contribution in [1.29, 1.82) is 0 Å². The van der Waals surface area contributed by atoms with Crippen molar-refractivity contribution in [2.45, 2.75) is 70.3 Å². The summed E-state index contributed by atoms with van der Waals surface area (Å²) >= 11 is 0. The second-order valence-electron chi connectivity index (χ2n) is 8.68. The van der Waals surface area contributed by atoms with Crippen molar-refractivity contribution in [3.05, 3.63) is 45.8 Å². The van der Waals surface area contributed by atoms with E-state index in [-0.39, 0.29) is 5.56 Å². The summed E-state index contributed by atoms with van der Waals surface area (Å²) in [5.74, 6) is 3.17. The minimum Gasteiger partial charge on any atom is -0.356 e. The van der Waals surface area contributed by atoms with Gasteiger partial charge in [0.25, 0.3) is 5.56 Å². The van der Waals surface area contributed by atoms with Crippen molar-refractivity contribution in [3.63, 3.8) is 0 Å². The molecule has 0 atom stereocenters. The predicted molar refractivity (Wildman–Crippen MR) is 109 cm³/mol. The van der Waals surface area contributed by atoms with Gasteiger partial charge in [0, 0.05) is 37.8 Å². The van der Waals surface area contributed by atoms with Gasteiger partial charge in [-0.3, -0.25) is 4.79 Å². The lowest BCUT2D eigenvalue weighted by atomic mass is 9.85. The average Bonchev–Trinajstić information content (AvgIpc) is 2.68. The number of nitrogens with zero attached hydrogens (tertiary/aromatic N) is 5. The highest BCUT2D eigenvalue weighted by molar-refractivity contribution is 5.38. The molecule has 2 aromatic heterocycles. The van der Waals surface area contributed by atoms with E-state index in [4.69, 9.17) is 10.1 Å². The van der Waals surface area contributed by atoms with E-state index in [0.29, 0.717) is 11.8 Å². The van der Waals surface area contributed by atoms with Crippen molar-refractivity contribution < 1.29 is 0 Å². The van der Waals surface area contributed by atoms with E-state index < -0.39 is 0 Å². The van der Waals surface area contributed by atoms with E-state index >= 15 is 0 Å². The molecule has 1 saturated heterocycles. The van der Waals surface area contributed by atoms with Crippen molar-refractivity contribution in [3.8, 4) is 0 Å². The minimum atomic E-state index is 0.0732. The topological polar surface area (TPSA) is 63.9 Å². The summed E-state index contributed by atoms with van der Waals surface area (Å²) in [5.41, 5.74) is 2.39. The maximum Gasteiger partial charge on any atom is 0.267 e. The summed E-state index contributed by atoms with van der Waals surface area (Å²) in [4.78, 5) is 24.2. The number of rotatable bonds is 4. The summed E-state index contributed by atoms with van der Waals surface area (Å²) in [7, 11) is 0. The van der Waals surface area contributed by atoms with E-state index in [1.54, 1.807) is 4.68 Å². The molecule has 0 spiro atoms. The van der Waals surface area contributed by atoms with Gasteiger partial charge >= 0.3 is 0 Å². The molecule has 0 bridgehead atoms. The standard InChI is InChI=1S/C22H29N5O/c28-21-14-18-4-1-2-7-19(18)25-27(21)15-16-9-12-26(13-10-16)20-8-11-23-22(24-20)17-5-3-6-17/h8,11,14,16-17H,1-7,9-10,12-13,15H2. The number of hydrogen-bond donors (Lipinski definition) is 0. The van der Waals surface area contributed by atoms with E-state index in [2.05, 4.69) is 9.88 Å². The van der Waals surface area contributed by atoms with Gasteiger partial charge in [0.2, 0.25) is 0 Å². The number of aryl methyl sites for hydroxylation is 2. The second kappa shape index (κ2) is 7.64. The highest BCUT2D eigenvalue weighted by atomic mass is 16.1. The third-order valence-corrected chi connectivity index (χ3v) is 6.77. The van der Waals surface area contributed by atoms with Gasteiger partial charge in [0.1, 0.15) is 11.6 Å². The van der Waals surface area contributed by atoms with Crippen LogP contribution in [-0.2, 0) is 19.4 Å². The molecule has 3 aliphatic rings. The largest absolute Gasteiger partial charge is 0.356 e. The molecule has 1 aliphatic heterocycles. The Hall–Kier alpha value is -2.24. The number of anilines is 1. The Labute approximate surface area is 166 Å². The molecule has 0 N–H and O–H groups in total. The molecule has 148 valence electrons. The lowest BCUT2D eigenvalue weighted by Crippen LogP contribution is -2.38.